The zero-order valence-electron chi connectivity index (χ0n) is 9.61. The summed E-state index contributed by atoms with van der Waals surface area (Å²) in [5.41, 5.74) is 1.69. The number of benzene rings is 1. The van der Waals surface area contributed by atoms with Gasteiger partial charge in [0.25, 0.3) is 0 Å². The van der Waals surface area contributed by atoms with E-state index in [9.17, 15) is 0 Å². The fourth-order valence-electron chi connectivity index (χ4n) is 1.70. The van der Waals surface area contributed by atoms with Gasteiger partial charge in [-0.1, -0.05) is 6.07 Å². The van der Waals surface area contributed by atoms with Crippen molar-refractivity contribution in [3.05, 3.63) is 35.2 Å². The monoisotopic (exact) mass is 263 g/mol. The maximum Gasteiger partial charge on any atom is 0.231 e. The average Bonchev–Trinajstić information content (AvgIpc) is 2.83. The number of ether oxygens (including phenoxy) is 2. The Balaban J connectivity index is 1.98. The molecule has 0 radical (unpaired) electrons. The second kappa shape index (κ2) is 4.34. The molecular weight excluding hydrogens is 254 g/mol. The second-order valence-electron chi connectivity index (χ2n) is 3.84. The van der Waals surface area contributed by atoms with Crippen LogP contribution in [0, 0.1) is 6.92 Å². The first kappa shape index (κ1) is 11.1. The van der Waals surface area contributed by atoms with E-state index in [1.807, 2.05) is 25.1 Å². The molecule has 0 saturated carbocycles. The Morgan fingerprint density at radius 2 is 2.22 bits per heavy atom. The molecule has 1 aromatic carbocycles. The molecule has 18 heavy (non-hydrogen) atoms. The van der Waals surface area contributed by atoms with E-state index in [0.717, 1.165) is 17.0 Å². The number of para-hydroxylation sites is 1. The molecule has 1 aromatic heterocycles. The van der Waals surface area contributed by atoms with Crippen molar-refractivity contribution in [2.75, 3.05) is 12.1 Å². The highest BCUT2D eigenvalue weighted by Gasteiger charge is 2.18. The number of rotatable bonds is 2. The van der Waals surface area contributed by atoms with Crippen LogP contribution in [-0.4, -0.2) is 16.8 Å². The van der Waals surface area contributed by atoms with Crippen LogP contribution >= 0.6 is 11.6 Å². The first-order valence-corrected chi connectivity index (χ1v) is 5.76. The lowest BCUT2D eigenvalue weighted by Crippen LogP contribution is -1.99. The number of aromatic nitrogens is 2. The van der Waals surface area contributed by atoms with Crippen molar-refractivity contribution in [1.29, 1.82) is 0 Å². The number of aryl methyl sites for hydroxylation is 1. The molecule has 0 bridgehead atoms. The minimum absolute atomic E-state index is 0.202. The summed E-state index contributed by atoms with van der Waals surface area (Å²) in [5.74, 6) is 2.06. The van der Waals surface area contributed by atoms with Gasteiger partial charge in [-0.25, -0.2) is 9.97 Å². The largest absolute Gasteiger partial charge is 0.454 e. The summed E-state index contributed by atoms with van der Waals surface area (Å²) in [7, 11) is 0. The van der Waals surface area contributed by atoms with E-state index >= 15 is 0 Å². The van der Waals surface area contributed by atoms with E-state index in [-0.39, 0.29) is 12.1 Å². The Morgan fingerprint density at radius 3 is 3.11 bits per heavy atom. The first-order valence-electron chi connectivity index (χ1n) is 5.39. The molecule has 92 valence electrons. The highest BCUT2D eigenvalue weighted by molar-refractivity contribution is 6.28. The van der Waals surface area contributed by atoms with Gasteiger partial charge < -0.3 is 14.8 Å². The molecule has 0 aliphatic carbocycles. The van der Waals surface area contributed by atoms with Gasteiger partial charge in [0.2, 0.25) is 12.1 Å². The highest BCUT2D eigenvalue weighted by atomic mass is 35.5. The van der Waals surface area contributed by atoms with Crippen molar-refractivity contribution in [2.45, 2.75) is 6.92 Å². The van der Waals surface area contributed by atoms with E-state index in [0.29, 0.717) is 11.6 Å². The van der Waals surface area contributed by atoms with Crippen LogP contribution in [0.2, 0.25) is 5.28 Å². The first-order chi connectivity index (χ1) is 8.74. The van der Waals surface area contributed by atoms with E-state index in [4.69, 9.17) is 21.1 Å². The standard InChI is InChI=1S/C12H10ClN3O2/c1-7-5-14-12(13)16-11(7)15-8-3-2-4-9-10(8)18-6-17-9/h2-5H,6H2,1H3,(H,14,15,16). The van der Waals surface area contributed by atoms with Gasteiger partial charge >= 0.3 is 0 Å². The second-order valence-corrected chi connectivity index (χ2v) is 4.17. The predicted molar refractivity (Wildman–Crippen MR) is 67.6 cm³/mol. The molecule has 2 aromatic rings. The van der Waals surface area contributed by atoms with Crippen molar-refractivity contribution in [3.63, 3.8) is 0 Å². The fraction of sp³-hybridized carbons (Fsp3) is 0.167. The van der Waals surface area contributed by atoms with Gasteiger partial charge in [0, 0.05) is 11.8 Å². The lowest BCUT2D eigenvalue weighted by molar-refractivity contribution is 0.174. The van der Waals surface area contributed by atoms with Crippen molar-refractivity contribution in [2.24, 2.45) is 0 Å². The van der Waals surface area contributed by atoms with Crippen LogP contribution < -0.4 is 14.8 Å². The molecular formula is C12H10ClN3O2. The van der Waals surface area contributed by atoms with Crippen LogP contribution in [-0.2, 0) is 0 Å². The SMILES string of the molecule is Cc1cnc(Cl)nc1Nc1cccc2c1OCO2. The molecule has 2 heterocycles. The van der Waals surface area contributed by atoms with Crippen LogP contribution in [0.25, 0.3) is 0 Å². The topological polar surface area (TPSA) is 56.3 Å². The number of anilines is 2. The van der Waals surface area contributed by atoms with E-state index < -0.39 is 0 Å². The maximum atomic E-state index is 5.78. The number of halogens is 1. The van der Waals surface area contributed by atoms with Gasteiger partial charge in [0.1, 0.15) is 5.82 Å². The number of hydrogen-bond acceptors (Lipinski definition) is 5. The summed E-state index contributed by atoms with van der Waals surface area (Å²) in [4.78, 5) is 8.05. The number of nitrogens with zero attached hydrogens (tertiary/aromatic N) is 2. The van der Waals surface area contributed by atoms with Crippen molar-refractivity contribution in [3.8, 4) is 11.5 Å². The zero-order chi connectivity index (χ0) is 12.5. The Labute approximate surface area is 109 Å². The smallest absolute Gasteiger partial charge is 0.231 e. The van der Waals surface area contributed by atoms with Crippen LogP contribution in [0.5, 0.6) is 11.5 Å². The van der Waals surface area contributed by atoms with Crippen molar-refractivity contribution >= 4 is 23.1 Å². The molecule has 3 rings (SSSR count). The highest BCUT2D eigenvalue weighted by Crippen LogP contribution is 2.40. The third kappa shape index (κ3) is 1.93. The third-order valence-electron chi connectivity index (χ3n) is 2.59. The lowest BCUT2D eigenvalue weighted by Gasteiger charge is -2.10. The number of fused-ring (bicyclic) bond motifs is 1. The Hall–Kier alpha value is -2.01. The van der Waals surface area contributed by atoms with Crippen LogP contribution in [0.15, 0.2) is 24.4 Å². The van der Waals surface area contributed by atoms with Gasteiger partial charge in [-0.05, 0) is 30.7 Å². The minimum Gasteiger partial charge on any atom is -0.454 e. The quantitative estimate of drug-likeness (QED) is 0.845. The molecule has 1 N–H and O–H groups in total. The molecule has 1 aliphatic rings. The van der Waals surface area contributed by atoms with E-state index in [1.165, 1.54) is 0 Å². The number of nitrogens with one attached hydrogen (secondary N) is 1. The fourth-order valence-corrected chi connectivity index (χ4v) is 1.84. The average molecular weight is 264 g/mol. The molecule has 6 heteroatoms. The summed E-state index contributed by atoms with van der Waals surface area (Å²) in [6.07, 6.45) is 1.66. The van der Waals surface area contributed by atoms with Gasteiger partial charge in [-0.15, -0.1) is 0 Å². The lowest BCUT2D eigenvalue weighted by atomic mass is 10.2. The Kier molecular flexibility index (Phi) is 2.68. The van der Waals surface area contributed by atoms with Gasteiger partial charge in [-0.3, -0.25) is 0 Å². The Morgan fingerprint density at radius 1 is 1.33 bits per heavy atom. The summed E-state index contributed by atoms with van der Waals surface area (Å²) in [5, 5.41) is 3.37. The summed E-state index contributed by atoms with van der Waals surface area (Å²) in [6.45, 7) is 2.14. The molecule has 0 amide bonds. The van der Waals surface area contributed by atoms with Crippen LogP contribution in [0.1, 0.15) is 5.56 Å². The summed E-state index contributed by atoms with van der Waals surface area (Å²) in [6, 6.07) is 5.63. The summed E-state index contributed by atoms with van der Waals surface area (Å²) < 4.78 is 10.7. The maximum absolute atomic E-state index is 5.78. The zero-order valence-corrected chi connectivity index (χ0v) is 10.4. The minimum atomic E-state index is 0.202. The number of hydrogen-bond donors (Lipinski definition) is 1. The van der Waals surface area contributed by atoms with Crippen LogP contribution in [0.4, 0.5) is 11.5 Å². The summed E-state index contributed by atoms with van der Waals surface area (Å²) >= 11 is 5.78. The Bertz CT molecular complexity index is 604. The van der Waals surface area contributed by atoms with E-state index in [1.54, 1.807) is 6.20 Å². The van der Waals surface area contributed by atoms with Crippen molar-refractivity contribution < 1.29 is 9.47 Å². The molecule has 0 atom stereocenters. The molecule has 1 aliphatic heterocycles. The molecule has 5 nitrogen and oxygen atoms in total. The van der Waals surface area contributed by atoms with Gasteiger partial charge in [0.05, 0.1) is 5.69 Å². The van der Waals surface area contributed by atoms with Crippen molar-refractivity contribution in [1.82, 2.24) is 9.97 Å². The predicted octanol–water partition coefficient (Wildman–Crippen LogP) is 2.91. The van der Waals surface area contributed by atoms with Gasteiger partial charge in [0.15, 0.2) is 11.5 Å². The molecule has 0 spiro atoms. The molecule has 0 saturated heterocycles. The van der Waals surface area contributed by atoms with Crippen LogP contribution in [0.3, 0.4) is 0 Å². The molecule has 0 unspecified atom stereocenters. The van der Waals surface area contributed by atoms with Gasteiger partial charge in [-0.2, -0.15) is 0 Å². The third-order valence-corrected chi connectivity index (χ3v) is 2.77. The van der Waals surface area contributed by atoms with E-state index in [2.05, 4.69) is 15.3 Å². The molecule has 0 fully saturated rings. The normalized spacial score (nSPS) is 12.6.